The van der Waals surface area contributed by atoms with Gasteiger partial charge in [0.1, 0.15) is 0 Å². The second kappa shape index (κ2) is 4.04. The minimum Gasteiger partial charge on any atom is -0.325 e. The summed E-state index contributed by atoms with van der Waals surface area (Å²) in [4.78, 5) is 0. The van der Waals surface area contributed by atoms with E-state index >= 15 is 0 Å². The van der Waals surface area contributed by atoms with Crippen LogP contribution in [0.4, 0.5) is 0 Å². The van der Waals surface area contributed by atoms with Crippen LogP contribution in [-0.4, -0.2) is 5.54 Å². The van der Waals surface area contributed by atoms with Crippen LogP contribution in [0.3, 0.4) is 0 Å². The maximum Gasteiger partial charge on any atom is 0.0994 e. The van der Waals surface area contributed by atoms with Gasteiger partial charge in [0.2, 0.25) is 0 Å². The largest absolute Gasteiger partial charge is 0.325 e. The van der Waals surface area contributed by atoms with Gasteiger partial charge in [-0.25, -0.2) is 0 Å². The Balaban J connectivity index is 3.13. The van der Waals surface area contributed by atoms with E-state index in [1.165, 1.54) is 0 Å². The Morgan fingerprint density at radius 1 is 1.33 bits per heavy atom. The fourth-order valence-corrected chi connectivity index (χ4v) is 1.68. The van der Waals surface area contributed by atoms with Gasteiger partial charge in [-0.2, -0.15) is 5.26 Å². The van der Waals surface area contributed by atoms with Gasteiger partial charge in [0.05, 0.1) is 11.6 Å². The Kier molecular flexibility index (Phi) is 3.16. The van der Waals surface area contributed by atoms with Crippen LogP contribution >= 0.6 is 0 Å². The molecule has 0 aliphatic carbocycles. The fourth-order valence-electron chi connectivity index (χ4n) is 1.68. The lowest BCUT2D eigenvalue weighted by molar-refractivity contribution is 0.516. The van der Waals surface area contributed by atoms with Gasteiger partial charge in [0.15, 0.2) is 0 Å². The first kappa shape index (κ1) is 11.7. The highest BCUT2D eigenvalue weighted by atomic mass is 14.7. The third-order valence-corrected chi connectivity index (χ3v) is 2.51. The second-order valence-corrected chi connectivity index (χ2v) is 4.86. The molecule has 15 heavy (non-hydrogen) atoms. The summed E-state index contributed by atoms with van der Waals surface area (Å²) in [7, 11) is 0. The highest BCUT2D eigenvalue weighted by Gasteiger charge is 2.13. The first-order valence-corrected chi connectivity index (χ1v) is 5.12. The summed E-state index contributed by atoms with van der Waals surface area (Å²) in [5.41, 5.74) is 9.86. The van der Waals surface area contributed by atoms with Crippen molar-refractivity contribution in [3.63, 3.8) is 0 Å². The first-order valence-electron chi connectivity index (χ1n) is 5.12. The molecule has 0 unspecified atom stereocenters. The maximum absolute atomic E-state index is 8.98. The molecule has 80 valence electrons. The Bertz CT molecular complexity index is 406. The predicted octanol–water partition coefficient (Wildman–Crippen LogP) is 2.45. The number of benzene rings is 1. The molecule has 0 radical (unpaired) electrons. The van der Waals surface area contributed by atoms with Gasteiger partial charge in [0.25, 0.3) is 0 Å². The predicted molar refractivity (Wildman–Crippen MR) is 62.6 cm³/mol. The van der Waals surface area contributed by atoms with Crippen LogP contribution < -0.4 is 5.73 Å². The number of hydrogen-bond acceptors (Lipinski definition) is 2. The maximum atomic E-state index is 8.98. The van der Waals surface area contributed by atoms with Gasteiger partial charge in [-0.3, -0.25) is 0 Å². The molecular formula is C13H18N2. The summed E-state index contributed by atoms with van der Waals surface area (Å²) in [5.74, 6) is 0. The monoisotopic (exact) mass is 202 g/mol. The molecule has 0 atom stereocenters. The third-order valence-electron chi connectivity index (χ3n) is 2.51. The van der Waals surface area contributed by atoms with Gasteiger partial charge in [-0.1, -0.05) is 6.07 Å². The number of rotatable bonds is 2. The number of nitriles is 1. The van der Waals surface area contributed by atoms with E-state index in [-0.39, 0.29) is 5.54 Å². The van der Waals surface area contributed by atoms with Crippen molar-refractivity contribution >= 4 is 0 Å². The topological polar surface area (TPSA) is 49.8 Å². The molecule has 0 bridgehead atoms. The smallest absolute Gasteiger partial charge is 0.0994 e. The van der Waals surface area contributed by atoms with Gasteiger partial charge in [-0.15, -0.1) is 0 Å². The number of nitrogens with zero attached hydrogens (tertiary/aromatic N) is 1. The van der Waals surface area contributed by atoms with E-state index < -0.39 is 0 Å². The van der Waals surface area contributed by atoms with Crippen LogP contribution in [0.2, 0.25) is 0 Å². The lowest BCUT2D eigenvalue weighted by atomic mass is 9.92. The molecule has 0 saturated heterocycles. The average molecular weight is 202 g/mol. The van der Waals surface area contributed by atoms with Gasteiger partial charge in [-0.05, 0) is 56.9 Å². The minimum atomic E-state index is -0.228. The SMILES string of the molecule is Cc1cc(CC(C)(C)N)cc(C#N)c1C. The van der Waals surface area contributed by atoms with Crippen molar-refractivity contribution in [2.75, 3.05) is 0 Å². The van der Waals surface area contributed by atoms with Crippen molar-refractivity contribution in [1.82, 2.24) is 0 Å². The molecule has 0 saturated carbocycles. The molecule has 0 heterocycles. The van der Waals surface area contributed by atoms with E-state index in [9.17, 15) is 0 Å². The van der Waals surface area contributed by atoms with Gasteiger partial charge < -0.3 is 5.73 Å². The van der Waals surface area contributed by atoms with E-state index in [1.54, 1.807) is 0 Å². The lowest BCUT2D eigenvalue weighted by Crippen LogP contribution is -2.34. The molecule has 1 aromatic rings. The van der Waals surface area contributed by atoms with Crippen molar-refractivity contribution in [1.29, 1.82) is 5.26 Å². The Morgan fingerprint density at radius 3 is 2.40 bits per heavy atom. The molecule has 1 rings (SSSR count). The Morgan fingerprint density at radius 2 is 1.93 bits per heavy atom. The third kappa shape index (κ3) is 3.07. The number of aryl methyl sites for hydroxylation is 1. The molecule has 0 aliphatic rings. The Labute approximate surface area is 91.7 Å². The zero-order valence-corrected chi connectivity index (χ0v) is 9.89. The zero-order chi connectivity index (χ0) is 11.6. The minimum absolute atomic E-state index is 0.228. The van der Waals surface area contributed by atoms with Crippen LogP contribution in [0.5, 0.6) is 0 Å². The van der Waals surface area contributed by atoms with Crippen LogP contribution in [0.1, 0.15) is 36.1 Å². The fraction of sp³-hybridized carbons (Fsp3) is 0.462. The molecule has 0 amide bonds. The second-order valence-electron chi connectivity index (χ2n) is 4.86. The molecule has 0 spiro atoms. The average Bonchev–Trinajstić information content (AvgIpc) is 2.08. The highest BCUT2D eigenvalue weighted by molar-refractivity contribution is 5.44. The van der Waals surface area contributed by atoms with Gasteiger partial charge in [0, 0.05) is 5.54 Å². The van der Waals surface area contributed by atoms with Crippen LogP contribution in [0, 0.1) is 25.2 Å². The lowest BCUT2D eigenvalue weighted by Gasteiger charge is -2.19. The van der Waals surface area contributed by atoms with E-state index in [0.717, 1.165) is 28.7 Å². The van der Waals surface area contributed by atoms with Crippen LogP contribution in [-0.2, 0) is 6.42 Å². The van der Waals surface area contributed by atoms with Crippen molar-refractivity contribution < 1.29 is 0 Å². The molecule has 0 aromatic heterocycles. The first-order chi connectivity index (χ1) is 6.83. The highest BCUT2D eigenvalue weighted by Crippen LogP contribution is 2.18. The van der Waals surface area contributed by atoms with E-state index in [1.807, 2.05) is 33.8 Å². The van der Waals surface area contributed by atoms with Crippen molar-refractivity contribution in [2.24, 2.45) is 5.73 Å². The number of hydrogen-bond donors (Lipinski definition) is 1. The molecule has 2 N–H and O–H groups in total. The molecule has 2 nitrogen and oxygen atoms in total. The summed E-state index contributed by atoms with van der Waals surface area (Å²) in [5, 5.41) is 8.98. The summed E-state index contributed by atoms with van der Waals surface area (Å²) < 4.78 is 0. The normalized spacial score (nSPS) is 11.2. The Hall–Kier alpha value is -1.33. The summed E-state index contributed by atoms with van der Waals surface area (Å²) in [6, 6.07) is 6.28. The molecule has 0 aliphatic heterocycles. The van der Waals surface area contributed by atoms with Crippen LogP contribution in [0.15, 0.2) is 12.1 Å². The van der Waals surface area contributed by atoms with E-state index in [4.69, 9.17) is 11.0 Å². The van der Waals surface area contributed by atoms with Crippen LogP contribution in [0.25, 0.3) is 0 Å². The van der Waals surface area contributed by atoms with Gasteiger partial charge >= 0.3 is 0 Å². The standard InChI is InChI=1S/C13H18N2/c1-9-5-11(7-13(3,4)15)6-12(8-14)10(9)2/h5-6H,7,15H2,1-4H3. The summed E-state index contributed by atoms with van der Waals surface area (Å²) in [6.07, 6.45) is 0.794. The number of nitrogens with two attached hydrogens (primary N) is 1. The van der Waals surface area contributed by atoms with E-state index in [0.29, 0.717) is 0 Å². The summed E-state index contributed by atoms with van der Waals surface area (Å²) >= 11 is 0. The zero-order valence-electron chi connectivity index (χ0n) is 9.89. The van der Waals surface area contributed by atoms with E-state index in [2.05, 4.69) is 12.1 Å². The summed E-state index contributed by atoms with van der Waals surface area (Å²) in [6.45, 7) is 8.00. The molecular weight excluding hydrogens is 184 g/mol. The molecule has 0 fully saturated rings. The quantitative estimate of drug-likeness (QED) is 0.800. The van der Waals surface area contributed by atoms with Crippen molar-refractivity contribution in [3.8, 4) is 6.07 Å². The molecule has 2 heteroatoms. The van der Waals surface area contributed by atoms with Crippen molar-refractivity contribution in [2.45, 2.75) is 39.7 Å². The molecule has 1 aromatic carbocycles. The van der Waals surface area contributed by atoms with Crippen molar-refractivity contribution in [3.05, 3.63) is 34.4 Å².